The maximum atomic E-state index is 13.0. The molecule has 2 N–H and O–H groups in total. The van der Waals surface area contributed by atoms with Crippen LogP contribution in [0, 0.1) is 19.7 Å². The standard InChI is InChI=1S/C14H15ClFN3/c1-8-5-12(9(2)19-18-8)14(17)6-10-3-4-11(16)7-13(10)15/h3-5,7,14H,6,17H2,1-2H3. The van der Waals surface area contributed by atoms with Crippen LogP contribution in [0.25, 0.3) is 0 Å². The molecule has 0 bridgehead atoms. The van der Waals surface area contributed by atoms with Crippen LogP contribution in [0.3, 0.4) is 0 Å². The minimum absolute atomic E-state index is 0.239. The van der Waals surface area contributed by atoms with E-state index in [2.05, 4.69) is 10.2 Å². The molecule has 1 heterocycles. The number of aryl methyl sites for hydroxylation is 2. The summed E-state index contributed by atoms with van der Waals surface area (Å²) in [5.74, 6) is -0.347. The molecule has 0 spiro atoms. The first-order chi connectivity index (χ1) is 8.97. The number of rotatable bonds is 3. The third-order valence-corrected chi connectivity index (χ3v) is 3.35. The van der Waals surface area contributed by atoms with Gasteiger partial charge < -0.3 is 5.73 Å². The minimum Gasteiger partial charge on any atom is -0.324 e. The Hall–Kier alpha value is -1.52. The van der Waals surface area contributed by atoms with E-state index < -0.39 is 0 Å². The van der Waals surface area contributed by atoms with Gasteiger partial charge in [-0.05, 0) is 49.6 Å². The molecule has 1 unspecified atom stereocenters. The Morgan fingerprint density at radius 2 is 2.00 bits per heavy atom. The van der Waals surface area contributed by atoms with Crippen molar-refractivity contribution in [2.75, 3.05) is 0 Å². The highest BCUT2D eigenvalue weighted by molar-refractivity contribution is 6.31. The summed E-state index contributed by atoms with van der Waals surface area (Å²) in [6.07, 6.45) is 0.533. The van der Waals surface area contributed by atoms with Crippen molar-refractivity contribution in [3.05, 3.63) is 57.6 Å². The van der Waals surface area contributed by atoms with Gasteiger partial charge in [-0.1, -0.05) is 17.7 Å². The number of nitrogens with zero attached hydrogens (tertiary/aromatic N) is 2. The predicted octanol–water partition coefficient (Wildman–Crippen LogP) is 3.13. The first-order valence-corrected chi connectivity index (χ1v) is 6.35. The first kappa shape index (κ1) is 13.9. The molecule has 2 rings (SSSR count). The lowest BCUT2D eigenvalue weighted by Crippen LogP contribution is -2.16. The van der Waals surface area contributed by atoms with Gasteiger partial charge in [0, 0.05) is 11.1 Å². The summed E-state index contributed by atoms with van der Waals surface area (Å²) >= 11 is 6.01. The largest absolute Gasteiger partial charge is 0.324 e. The summed E-state index contributed by atoms with van der Waals surface area (Å²) in [5, 5.41) is 8.43. The van der Waals surface area contributed by atoms with Gasteiger partial charge in [0.15, 0.2) is 0 Å². The van der Waals surface area contributed by atoms with E-state index in [1.54, 1.807) is 6.07 Å². The lowest BCUT2D eigenvalue weighted by molar-refractivity contribution is 0.625. The Kier molecular flexibility index (Phi) is 4.12. The summed E-state index contributed by atoms with van der Waals surface area (Å²) in [5.41, 5.74) is 9.57. The summed E-state index contributed by atoms with van der Waals surface area (Å²) in [6.45, 7) is 3.74. The molecule has 0 radical (unpaired) electrons. The lowest BCUT2D eigenvalue weighted by atomic mass is 9.98. The number of nitrogens with two attached hydrogens (primary N) is 1. The second-order valence-corrected chi connectivity index (χ2v) is 4.98. The SMILES string of the molecule is Cc1cc(C(N)Cc2ccc(F)cc2Cl)c(C)nn1. The van der Waals surface area contributed by atoms with Crippen molar-refractivity contribution in [2.24, 2.45) is 5.73 Å². The van der Waals surface area contributed by atoms with Gasteiger partial charge in [-0.3, -0.25) is 0 Å². The van der Waals surface area contributed by atoms with Gasteiger partial charge in [0.1, 0.15) is 5.82 Å². The Labute approximate surface area is 116 Å². The Balaban J connectivity index is 2.25. The number of hydrogen-bond acceptors (Lipinski definition) is 3. The van der Waals surface area contributed by atoms with Crippen LogP contribution in [0.1, 0.15) is 28.6 Å². The molecular weight excluding hydrogens is 265 g/mol. The van der Waals surface area contributed by atoms with Crippen molar-refractivity contribution in [1.29, 1.82) is 0 Å². The second-order valence-electron chi connectivity index (χ2n) is 4.57. The molecule has 5 heteroatoms. The lowest BCUT2D eigenvalue weighted by Gasteiger charge is -2.15. The third-order valence-electron chi connectivity index (χ3n) is 2.99. The number of aromatic nitrogens is 2. The second kappa shape index (κ2) is 5.63. The van der Waals surface area contributed by atoms with Gasteiger partial charge in [0.25, 0.3) is 0 Å². The quantitative estimate of drug-likeness (QED) is 0.939. The number of benzene rings is 1. The fraction of sp³-hybridized carbons (Fsp3) is 0.286. The van der Waals surface area contributed by atoms with E-state index in [9.17, 15) is 4.39 Å². The molecule has 19 heavy (non-hydrogen) atoms. The van der Waals surface area contributed by atoms with Gasteiger partial charge in [0.2, 0.25) is 0 Å². The molecule has 0 fully saturated rings. The highest BCUT2D eigenvalue weighted by Crippen LogP contribution is 2.24. The van der Waals surface area contributed by atoms with Crippen LogP contribution in [0.15, 0.2) is 24.3 Å². The summed E-state index contributed by atoms with van der Waals surface area (Å²) < 4.78 is 13.0. The third kappa shape index (κ3) is 3.28. The van der Waals surface area contributed by atoms with E-state index in [4.69, 9.17) is 17.3 Å². The van der Waals surface area contributed by atoms with Gasteiger partial charge in [-0.2, -0.15) is 10.2 Å². The molecular formula is C14H15ClFN3. The van der Waals surface area contributed by atoms with Crippen molar-refractivity contribution in [3.8, 4) is 0 Å². The normalized spacial score (nSPS) is 12.5. The van der Waals surface area contributed by atoms with Gasteiger partial charge >= 0.3 is 0 Å². The summed E-state index contributed by atoms with van der Waals surface area (Å²) in [4.78, 5) is 0. The van der Waals surface area contributed by atoms with E-state index in [1.165, 1.54) is 12.1 Å². The zero-order chi connectivity index (χ0) is 14.0. The molecule has 0 saturated heterocycles. The molecule has 0 aliphatic carbocycles. The minimum atomic E-state index is -0.347. The zero-order valence-electron chi connectivity index (χ0n) is 10.8. The van der Waals surface area contributed by atoms with Crippen molar-refractivity contribution in [2.45, 2.75) is 26.3 Å². The van der Waals surface area contributed by atoms with Crippen LogP contribution >= 0.6 is 11.6 Å². The monoisotopic (exact) mass is 279 g/mol. The zero-order valence-corrected chi connectivity index (χ0v) is 11.6. The highest BCUT2D eigenvalue weighted by atomic mass is 35.5. The van der Waals surface area contributed by atoms with Crippen LogP contribution in [0.2, 0.25) is 5.02 Å². The van der Waals surface area contributed by atoms with Gasteiger partial charge in [-0.25, -0.2) is 4.39 Å². The molecule has 3 nitrogen and oxygen atoms in total. The average molecular weight is 280 g/mol. The van der Waals surface area contributed by atoms with Crippen molar-refractivity contribution in [1.82, 2.24) is 10.2 Å². The van der Waals surface area contributed by atoms with Gasteiger partial charge in [0.05, 0.1) is 11.4 Å². The fourth-order valence-corrected chi connectivity index (χ4v) is 2.22. The molecule has 0 saturated carbocycles. The summed E-state index contributed by atoms with van der Waals surface area (Å²) in [7, 11) is 0. The van der Waals surface area contributed by atoms with Gasteiger partial charge in [-0.15, -0.1) is 0 Å². The van der Waals surface area contributed by atoms with Crippen LogP contribution in [-0.2, 0) is 6.42 Å². The molecule has 1 aromatic heterocycles. The molecule has 0 amide bonds. The molecule has 100 valence electrons. The Morgan fingerprint density at radius 1 is 1.26 bits per heavy atom. The topological polar surface area (TPSA) is 51.8 Å². The summed E-state index contributed by atoms with van der Waals surface area (Å²) in [6, 6.07) is 6.03. The number of hydrogen-bond donors (Lipinski definition) is 1. The highest BCUT2D eigenvalue weighted by Gasteiger charge is 2.13. The molecule has 0 aliphatic rings. The number of halogens is 2. The Morgan fingerprint density at radius 3 is 2.68 bits per heavy atom. The Bertz CT molecular complexity index is 601. The maximum absolute atomic E-state index is 13.0. The van der Waals surface area contributed by atoms with Crippen LogP contribution < -0.4 is 5.73 Å². The molecule has 1 atom stereocenters. The average Bonchev–Trinajstić information content (AvgIpc) is 2.35. The van der Waals surface area contributed by atoms with Crippen LogP contribution in [0.5, 0.6) is 0 Å². The predicted molar refractivity (Wildman–Crippen MR) is 73.5 cm³/mol. The smallest absolute Gasteiger partial charge is 0.124 e. The van der Waals surface area contributed by atoms with E-state index >= 15 is 0 Å². The maximum Gasteiger partial charge on any atom is 0.124 e. The van der Waals surface area contributed by atoms with Crippen molar-refractivity contribution >= 4 is 11.6 Å². The fourth-order valence-electron chi connectivity index (χ4n) is 1.98. The molecule has 0 aliphatic heterocycles. The first-order valence-electron chi connectivity index (χ1n) is 5.97. The van der Waals surface area contributed by atoms with E-state index in [1.807, 2.05) is 19.9 Å². The van der Waals surface area contributed by atoms with E-state index in [-0.39, 0.29) is 11.9 Å². The van der Waals surface area contributed by atoms with Crippen LogP contribution in [0.4, 0.5) is 4.39 Å². The molecule has 2 aromatic rings. The van der Waals surface area contributed by atoms with E-state index in [0.717, 1.165) is 22.5 Å². The van der Waals surface area contributed by atoms with E-state index in [0.29, 0.717) is 11.4 Å². The van der Waals surface area contributed by atoms with Crippen LogP contribution in [-0.4, -0.2) is 10.2 Å². The van der Waals surface area contributed by atoms with Crippen molar-refractivity contribution < 1.29 is 4.39 Å². The van der Waals surface area contributed by atoms with Crippen molar-refractivity contribution in [3.63, 3.8) is 0 Å². The molecule has 1 aromatic carbocycles.